The van der Waals surface area contributed by atoms with E-state index in [4.69, 9.17) is 11.6 Å². The van der Waals surface area contributed by atoms with Crippen LogP contribution in [0.2, 0.25) is 5.02 Å². The highest BCUT2D eigenvalue weighted by molar-refractivity contribution is 9.10. The molecule has 4 heteroatoms. The minimum atomic E-state index is 0.699. The standard InChI is InChI=1S/C12H14BrClN2/c1-2-16-7-3-4-12(16)15-11-6-5-9(13)8-10(11)14/h5-6,8H,2-4,7H2,1H3. The highest BCUT2D eigenvalue weighted by atomic mass is 79.9. The molecule has 1 aromatic rings. The number of rotatable bonds is 2. The summed E-state index contributed by atoms with van der Waals surface area (Å²) in [5, 5.41) is 0.699. The van der Waals surface area contributed by atoms with Crippen LogP contribution in [0.4, 0.5) is 5.69 Å². The molecule has 0 aromatic heterocycles. The number of aliphatic imine (C=N–C) groups is 1. The average molecular weight is 302 g/mol. The zero-order valence-electron chi connectivity index (χ0n) is 9.21. The SMILES string of the molecule is CCN1CCCC1=Nc1ccc(Br)cc1Cl. The van der Waals surface area contributed by atoms with Gasteiger partial charge >= 0.3 is 0 Å². The first-order chi connectivity index (χ1) is 7.70. The van der Waals surface area contributed by atoms with Gasteiger partial charge in [-0.2, -0.15) is 0 Å². The first-order valence-corrected chi connectivity index (χ1v) is 6.65. The van der Waals surface area contributed by atoms with Gasteiger partial charge in [0.25, 0.3) is 0 Å². The molecule has 0 spiro atoms. The van der Waals surface area contributed by atoms with Crippen LogP contribution >= 0.6 is 27.5 Å². The zero-order chi connectivity index (χ0) is 11.5. The van der Waals surface area contributed by atoms with Crippen LogP contribution in [0.1, 0.15) is 19.8 Å². The van der Waals surface area contributed by atoms with Crippen molar-refractivity contribution in [3.8, 4) is 0 Å². The van der Waals surface area contributed by atoms with E-state index < -0.39 is 0 Å². The molecular formula is C12H14BrClN2. The molecule has 2 nitrogen and oxygen atoms in total. The minimum absolute atomic E-state index is 0.699. The van der Waals surface area contributed by atoms with Crippen molar-refractivity contribution in [2.24, 2.45) is 4.99 Å². The van der Waals surface area contributed by atoms with Crippen molar-refractivity contribution in [3.05, 3.63) is 27.7 Å². The summed E-state index contributed by atoms with van der Waals surface area (Å²) in [5.74, 6) is 1.16. The Morgan fingerprint density at radius 3 is 3.00 bits per heavy atom. The van der Waals surface area contributed by atoms with Crippen molar-refractivity contribution in [2.75, 3.05) is 13.1 Å². The maximum atomic E-state index is 6.14. The Kier molecular flexibility index (Phi) is 3.87. The fourth-order valence-corrected chi connectivity index (χ4v) is 2.61. The van der Waals surface area contributed by atoms with Crippen molar-refractivity contribution in [1.82, 2.24) is 4.90 Å². The first kappa shape index (κ1) is 11.9. The fourth-order valence-electron chi connectivity index (χ4n) is 1.89. The summed E-state index contributed by atoms with van der Waals surface area (Å²) in [6.45, 7) is 4.29. The fraction of sp³-hybridized carbons (Fsp3) is 0.417. The molecule has 0 atom stereocenters. The van der Waals surface area contributed by atoms with Crippen LogP contribution in [-0.2, 0) is 0 Å². The largest absolute Gasteiger partial charge is 0.360 e. The molecule has 1 heterocycles. The third-order valence-corrected chi connectivity index (χ3v) is 3.53. The third-order valence-electron chi connectivity index (χ3n) is 2.73. The molecule has 0 N–H and O–H groups in total. The molecule has 1 aromatic carbocycles. The second kappa shape index (κ2) is 5.19. The Hall–Kier alpha value is -0.540. The van der Waals surface area contributed by atoms with Crippen LogP contribution in [-0.4, -0.2) is 23.8 Å². The molecule has 0 unspecified atom stereocenters. The maximum absolute atomic E-state index is 6.14. The molecule has 1 aliphatic rings. The predicted molar refractivity (Wildman–Crippen MR) is 72.7 cm³/mol. The van der Waals surface area contributed by atoms with E-state index in [0.717, 1.165) is 35.5 Å². The molecule has 1 saturated heterocycles. The Morgan fingerprint density at radius 1 is 1.50 bits per heavy atom. The summed E-state index contributed by atoms with van der Waals surface area (Å²) in [6, 6.07) is 5.80. The van der Waals surface area contributed by atoms with Crippen molar-refractivity contribution in [3.63, 3.8) is 0 Å². The summed E-state index contributed by atoms with van der Waals surface area (Å²) >= 11 is 9.53. The number of nitrogens with zero attached hydrogens (tertiary/aromatic N) is 2. The summed E-state index contributed by atoms with van der Waals surface area (Å²) in [4.78, 5) is 6.94. The van der Waals surface area contributed by atoms with Crippen LogP contribution < -0.4 is 0 Å². The number of hydrogen-bond donors (Lipinski definition) is 0. The lowest BCUT2D eigenvalue weighted by atomic mass is 10.3. The highest BCUT2D eigenvalue weighted by Gasteiger charge is 2.16. The van der Waals surface area contributed by atoms with Gasteiger partial charge in [0.15, 0.2) is 0 Å². The lowest BCUT2D eigenvalue weighted by molar-refractivity contribution is 0.479. The molecular weight excluding hydrogens is 288 g/mol. The molecule has 86 valence electrons. The number of halogens is 2. The molecule has 0 amide bonds. The topological polar surface area (TPSA) is 15.6 Å². The molecule has 0 saturated carbocycles. The third kappa shape index (κ3) is 2.58. The maximum Gasteiger partial charge on any atom is 0.105 e. The monoisotopic (exact) mass is 300 g/mol. The van der Waals surface area contributed by atoms with Gasteiger partial charge in [-0.3, -0.25) is 0 Å². The van der Waals surface area contributed by atoms with Gasteiger partial charge < -0.3 is 4.90 Å². The molecule has 0 radical (unpaired) electrons. The Balaban J connectivity index is 2.28. The Labute approximate surface area is 109 Å². The van der Waals surface area contributed by atoms with Crippen molar-refractivity contribution >= 4 is 39.1 Å². The van der Waals surface area contributed by atoms with E-state index in [-0.39, 0.29) is 0 Å². The zero-order valence-corrected chi connectivity index (χ0v) is 11.6. The van der Waals surface area contributed by atoms with Crippen molar-refractivity contribution < 1.29 is 0 Å². The van der Waals surface area contributed by atoms with Gasteiger partial charge in [0.2, 0.25) is 0 Å². The number of amidine groups is 1. The molecule has 2 rings (SSSR count). The molecule has 1 fully saturated rings. The molecule has 0 aliphatic carbocycles. The van der Waals surface area contributed by atoms with Gasteiger partial charge in [-0.1, -0.05) is 27.5 Å². The van der Waals surface area contributed by atoms with E-state index in [2.05, 4.69) is 32.7 Å². The van der Waals surface area contributed by atoms with E-state index in [9.17, 15) is 0 Å². The lowest BCUT2D eigenvalue weighted by Gasteiger charge is -2.15. The number of likely N-dealkylation sites (tertiary alicyclic amines) is 1. The van der Waals surface area contributed by atoms with Gasteiger partial charge in [-0.05, 0) is 31.5 Å². The van der Waals surface area contributed by atoms with Crippen molar-refractivity contribution in [2.45, 2.75) is 19.8 Å². The lowest BCUT2D eigenvalue weighted by Crippen LogP contribution is -2.23. The Bertz CT molecular complexity index is 417. The Morgan fingerprint density at radius 2 is 2.31 bits per heavy atom. The average Bonchev–Trinajstić information content (AvgIpc) is 2.69. The van der Waals surface area contributed by atoms with E-state index in [1.165, 1.54) is 6.42 Å². The van der Waals surface area contributed by atoms with Gasteiger partial charge in [-0.25, -0.2) is 4.99 Å². The van der Waals surface area contributed by atoms with Gasteiger partial charge in [0.05, 0.1) is 10.7 Å². The minimum Gasteiger partial charge on any atom is -0.360 e. The smallest absolute Gasteiger partial charge is 0.105 e. The second-order valence-electron chi connectivity index (χ2n) is 3.81. The van der Waals surface area contributed by atoms with Gasteiger partial charge in [-0.15, -0.1) is 0 Å². The summed E-state index contributed by atoms with van der Waals surface area (Å²) in [6.07, 6.45) is 2.25. The summed E-state index contributed by atoms with van der Waals surface area (Å²) in [7, 11) is 0. The highest BCUT2D eigenvalue weighted by Crippen LogP contribution is 2.29. The van der Waals surface area contributed by atoms with Gasteiger partial charge in [0.1, 0.15) is 5.84 Å². The molecule has 0 bridgehead atoms. The van der Waals surface area contributed by atoms with E-state index >= 15 is 0 Å². The summed E-state index contributed by atoms with van der Waals surface area (Å²) < 4.78 is 0.986. The number of benzene rings is 1. The van der Waals surface area contributed by atoms with E-state index in [1.54, 1.807) is 0 Å². The predicted octanol–water partition coefficient (Wildman–Crippen LogP) is 4.25. The van der Waals surface area contributed by atoms with E-state index in [1.807, 2.05) is 18.2 Å². The quantitative estimate of drug-likeness (QED) is 0.797. The van der Waals surface area contributed by atoms with Crippen LogP contribution in [0, 0.1) is 0 Å². The van der Waals surface area contributed by atoms with Crippen LogP contribution in [0.5, 0.6) is 0 Å². The first-order valence-electron chi connectivity index (χ1n) is 5.48. The normalized spacial score (nSPS) is 18.4. The summed E-state index contributed by atoms with van der Waals surface area (Å²) in [5.41, 5.74) is 0.861. The van der Waals surface area contributed by atoms with Crippen LogP contribution in [0.15, 0.2) is 27.7 Å². The second-order valence-corrected chi connectivity index (χ2v) is 5.13. The van der Waals surface area contributed by atoms with Gasteiger partial charge in [0, 0.05) is 24.0 Å². The molecule has 1 aliphatic heterocycles. The molecule has 16 heavy (non-hydrogen) atoms. The van der Waals surface area contributed by atoms with E-state index in [0.29, 0.717) is 5.02 Å². The number of hydrogen-bond acceptors (Lipinski definition) is 1. The van der Waals surface area contributed by atoms with Crippen LogP contribution in [0.3, 0.4) is 0 Å². The van der Waals surface area contributed by atoms with Crippen molar-refractivity contribution in [1.29, 1.82) is 0 Å². The van der Waals surface area contributed by atoms with Crippen LogP contribution in [0.25, 0.3) is 0 Å².